The van der Waals surface area contributed by atoms with Gasteiger partial charge in [-0.05, 0) is 37.2 Å². The maximum absolute atomic E-state index is 11.3. The highest BCUT2D eigenvalue weighted by molar-refractivity contribution is 5.94. The highest BCUT2D eigenvalue weighted by Crippen LogP contribution is 2.34. The van der Waals surface area contributed by atoms with Crippen molar-refractivity contribution in [2.75, 3.05) is 25.0 Å². The molecule has 0 radical (unpaired) electrons. The van der Waals surface area contributed by atoms with E-state index in [9.17, 15) is 10.1 Å². The molecule has 1 aromatic carbocycles. The second-order valence-corrected chi connectivity index (χ2v) is 4.32. The second kappa shape index (κ2) is 5.62. The van der Waals surface area contributed by atoms with Crippen LogP contribution in [0.25, 0.3) is 10.9 Å². The number of nitro benzene ring substituents is 1. The largest absolute Gasteiger partial charge is 0.369 e. The Morgan fingerprint density at radius 2 is 2.21 bits per heavy atom. The van der Waals surface area contributed by atoms with E-state index >= 15 is 0 Å². The van der Waals surface area contributed by atoms with Gasteiger partial charge in [-0.3, -0.25) is 15.1 Å². The van der Waals surface area contributed by atoms with Crippen LogP contribution < -0.4 is 10.6 Å². The SMILES string of the molecule is CN(CCCN)c1ccc2ncccc2c1[N+](=O)[O-]. The summed E-state index contributed by atoms with van der Waals surface area (Å²) in [6, 6.07) is 6.97. The van der Waals surface area contributed by atoms with Crippen LogP contribution in [0.3, 0.4) is 0 Å². The predicted molar refractivity (Wildman–Crippen MR) is 75.3 cm³/mol. The average molecular weight is 260 g/mol. The number of pyridine rings is 1. The van der Waals surface area contributed by atoms with Gasteiger partial charge in [-0.15, -0.1) is 0 Å². The second-order valence-electron chi connectivity index (χ2n) is 4.32. The zero-order valence-electron chi connectivity index (χ0n) is 10.7. The zero-order valence-corrected chi connectivity index (χ0v) is 10.7. The van der Waals surface area contributed by atoms with Crippen LogP contribution >= 0.6 is 0 Å². The molecule has 100 valence electrons. The molecule has 0 saturated carbocycles. The summed E-state index contributed by atoms with van der Waals surface area (Å²) in [6.45, 7) is 1.25. The molecule has 0 aliphatic rings. The van der Waals surface area contributed by atoms with Crippen molar-refractivity contribution in [1.82, 2.24) is 4.98 Å². The van der Waals surface area contributed by atoms with Crippen molar-refractivity contribution in [3.8, 4) is 0 Å². The molecule has 2 rings (SSSR count). The van der Waals surface area contributed by atoms with Crippen LogP contribution in [0, 0.1) is 10.1 Å². The van der Waals surface area contributed by atoms with Crippen molar-refractivity contribution in [1.29, 1.82) is 0 Å². The minimum atomic E-state index is -0.349. The number of rotatable bonds is 5. The van der Waals surface area contributed by atoms with E-state index in [1.54, 1.807) is 30.5 Å². The van der Waals surface area contributed by atoms with E-state index in [0.29, 0.717) is 29.7 Å². The summed E-state index contributed by atoms with van der Waals surface area (Å²) in [5, 5.41) is 11.9. The Balaban J connectivity index is 2.54. The zero-order chi connectivity index (χ0) is 13.8. The number of benzene rings is 1. The number of fused-ring (bicyclic) bond motifs is 1. The van der Waals surface area contributed by atoms with Crippen molar-refractivity contribution in [3.05, 3.63) is 40.6 Å². The Labute approximate surface area is 111 Å². The lowest BCUT2D eigenvalue weighted by Crippen LogP contribution is -2.22. The summed E-state index contributed by atoms with van der Waals surface area (Å²) in [5.74, 6) is 0. The van der Waals surface area contributed by atoms with Crippen LogP contribution in [0.1, 0.15) is 6.42 Å². The van der Waals surface area contributed by atoms with Crippen molar-refractivity contribution in [3.63, 3.8) is 0 Å². The molecule has 6 nitrogen and oxygen atoms in total. The molecule has 0 spiro atoms. The maximum atomic E-state index is 11.3. The van der Waals surface area contributed by atoms with E-state index in [2.05, 4.69) is 4.98 Å². The molecule has 0 aliphatic heterocycles. The summed E-state index contributed by atoms with van der Waals surface area (Å²) in [5.41, 5.74) is 6.80. The Bertz CT molecular complexity index is 600. The van der Waals surface area contributed by atoms with Gasteiger partial charge in [0.15, 0.2) is 0 Å². The molecule has 0 fully saturated rings. The first-order valence-electron chi connectivity index (χ1n) is 6.08. The molecule has 0 amide bonds. The third kappa shape index (κ3) is 2.63. The fraction of sp³-hybridized carbons (Fsp3) is 0.308. The topological polar surface area (TPSA) is 85.3 Å². The van der Waals surface area contributed by atoms with Gasteiger partial charge in [-0.1, -0.05) is 0 Å². The highest BCUT2D eigenvalue weighted by atomic mass is 16.6. The van der Waals surface area contributed by atoms with Crippen LogP contribution in [0.4, 0.5) is 11.4 Å². The van der Waals surface area contributed by atoms with Crippen molar-refractivity contribution in [2.24, 2.45) is 5.73 Å². The van der Waals surface area contributed by atoms with Gasteiger partial charge < -0.3 is 10.6 Å². The molecule has 6 heteroatoms. The average Bonchev–Trinajstić information content (AvgIpc) is 2.43. The highest BCUT2D eigenvalue weighted by Gasteiger charge is 2.21. The third-order valence-corrected chi connectivity index (χ3v) is 3.03. The third-order valence-electron chi connectivity index (χ3n) is 3.03. The fourth-order valence-corrected chi connectivity index (χ4v) is 2.07. The number of anilines is 1. The van der Waals surface area contributed by atoms with Gasteiger partial charge in [0.2, 0.25) is 0 Å². The van der Waals surface area contributed by atoms with Crippen molar-refractivity contribution < 1.29 is 4.92 Å². The van der Waals surface area contributed by atoms with Gasteiger partial charge >= 0.3 is 5.69 Å². The Kier molecular flexibility index (Phi) is 3.91. The van der Waals surface area contributed by atoms with E-state index in [4.69, 9.17) is 5.73 Å². The fourth-order valence-electron chi connectivity index (χ4n) is 2.07. The molecular weight excluding hydrogens is 244 g/mol. The number of hydrogen-bond acceptors (Lipinski definition) is 5. The van der Waals surface area contributed by atoms with Gasteiger partial charge in [0.05, 0.1) is 15.8 Å². The van der Waals surface area contributed by atoms with E-state index < -0.39 is 0 Å². The van der Waals surface area contributed by atoms with Gasteiger partial charge in [0, 0.05) is 19.8 Å². The minimum Gasteiger partial charge on any atom is -0.369 e. The van der Waals surface area contributed by atoms with Crippen LogP contribution in [0.2, 0.25) is 0 Å². The smallest absolute Gasteiger partial charge is 0.301 e. The molecule has 0 aliphatic carbocycles. The van der Waals surface area contributed by atoms with Crippen LogP contribution in [-0.2, 0) is 0 Å². The number of aromatic nitrogens is 1. The number of hydrogen-bond donors (Lipinski definition) is 1. The first kappa shape index (κ1) is 13.2. The number of nitro groups is 1. The lowest BCUT2D eigenvalue weighted by atomic mass is 10.1. The number of nitrogens with two attached hydrogens (primary N) is 1. The normalized spacial score (nSPS) is 10.6. The van der Waals surface area contributed by atoms with Gasteiger partial charge in [0.1, 0.15) is 5.69 Å². The first-order valence-corrected chi connectivity index (χ1v) is 6.08. The summed E-state index contributed by atoms with van der Waals surface area (Å²) in [6.07, 6.45) is 2.42. The standard InChI is InChI=1S/C13H16N4O2/c1-16(9-3-7-14)12-6-5-11-10(4-2-8-15-11)13(12)17(18)19/h2,4-6,8H,3,7,9,14H2,1H3. The Morgan fingerprint density at radius 1 is 1.42 bits per heavy atom. The molecule has 0 unspecified atom stereocenters. The predicted octanol–water partition coefficient (Wildman–Crippen LogP) is 1.93. The molecule has 2 aromatic rings. The van der Waals surface area contributed by atoms with Crippen molar-refractivity contribution >= 4 is 22.3 Å². The summed E-state index contributed by atoms with van der Waals surface area (Å²) < 4.78 is 0. The monoisotopic (exact) mass is 260 g/mol. The molecule has 19 heavy (non-hydrogen) atoms. The molecule has 0 saturated heterocycles. The lowest BCUT2D eigenvalue weighted by Gasteiger charge is -2.19. The van der Waals surface area contributed by atoms with E-state index in [0.717, 1.165) is 6.42 Å². The molecule has 0 bridgehead atoms. The van der Waals surface area contributed by atoms with E-state index in [1.165, 1.54) is 0 Å². The van der Waals surface area contributed by atoms with Gasteiger partial charge in [-0.25, -0.2) is 0 Å². The Morgan fingerprint density at radius 3 is 2.89 bits per heavy atom. The van der Waals surface area contributed by atoms with Crippen LogP contribution in [-0.4, -0.2) is 30.0 Å². The molecule has 2 N–H and O–H groups in total. The molecular formula is C13H16N4O2. The van der Waals surface area contributed by atoms with Gasteiger partial charge in [-0.2, -0.15) is 0 Å². The Hall–Kier alpha value is -2.21. The summed E-state index contributed by atoms with van der Waals surface area (Å²) in [4.78, 5) is 17.0. The molecule has 0 atom stereocenters. The van der Waals surface area contributed by atoms with Crippen LogP contribution in [0.15, 0.2) is 30.5 Å². The molecule has 1 heterocycles. The lowest BCUT2D eigenvalue weighted by molar-refractivity contribution is -0.382. The summed E-state index contributed by atoms with van der Waals surface area (Å²) in [7, 11) is 1.83. The van der Waals surface area contributed by atoms with E-state index in [-0.39, 0.29) is 10.6 Å². The molecule has 1 aromatic heterocycles. The van der Waals surface area contributed by atoms with Gasteiger partial charge in [0.25, 0.3) is 0 Å². The first-order chi connectivity index (χ1) is 9.15. The van der Waals surface area contributed by atoms with E-state index in [1.807, 2.05) is 11.9 Å². The minimum absolute atomic E-state index is 0.102. The van der Waals surface area contributed by atoms with Crippen molar-refractivity contribution in [2.45, 2.75) is 6.42 Å². The van der Waals surface area contributed by atoms with Crippen LogP contribution in [0.5, 0.6) is 0 Å². The maximum Gasteiger partial charge on any atom is 0.301 e. The quantitative estimate of drug-likeness (QED) is 0.655. The summed E-state index contributed by atoms with van der Waals surface area (Å²) >= 11 is 0. The number of nitrogens with zero attached hydrogens (tertiary/aromatic N) is 3.